The third-order valence-corrected chi connectivity index (χ3v) is 5.90. The Balaban J connectivity index is 1.56. The summed E-state index contributed by atoms with van der Waals surface area (Å²) in [5.74, 6) is 2.58. The lowest BCUT2D eigenvalue weighted by molar-refractivity contribution is -0.118. The van der Waals surface area contributed by atoms with Crippen molar-refractivity contribution in [2.75, 3.05) is 36.4 Å². The first-order valence-corrected chi connectivity index (χ1v) is 11.3. The van der Waals surface area contributed by atoms with E-state index in [0.29, 0.717) is 23.8 Å². The summed E-state index contributed by atoms with van der Waals surface area (Å²) in [7, 11) is 0. The SMILES string of the molecule is CCC(=O)Cc1ccc(Sc2nc(Nc3cc(C)[nH]n3)cc(N3CCNCC3)n2)cc1. The van der Waals surface area contributed by atoms with Crippen LogP contribution in [0.3, 0.4) is 0 Å². The van der Waals surface area contributed by atoms with Gasteiger partial charge >= 0.3 is 0 Å². The lowest BCUT2D eigenvalue weighted by Gasteiger charge is -2.28. The van der Waals surface area contributed by atoms with Gasteiger partial charge in [-0.1, -0.05) is 19.1 Å². The summed E-state index contributed by atoms with van der Waals surface area (Å²) in [6.07, 6.45) is 1.04. The van der Waals surface area contributed by atoms with Crippen LogP contribution in [0.4, 0.5) is 17.5 Å². The number of ketones is 1. The Labute approximate surface area is 186 Å². The molecular weight excluding hydrogens is 410 g/mol. The number of piperazine rings is 1. The van der Waals surface area contributed by atoms with Crippen LogP contribution in [0.2, 0.25) is 0 Å². The van der Waals surface area contributed by atoms with Crippen molar-refractivity contribution < 1.29 is 4.79 Å². The number of carbonyl (C=O) groups excluding carboxylic acids is 1. The normalized spacial score (nSPS) is 13.9. The Hall–Kier alpha value is -2.91. The van der Waals surface area contributed by atoms with E-state index < -0.39 is 0 Å². The molecule has 0 radical (unpaired) electrons. The zero-order valence-corrected chi connectivity index (χ0v) is 18.6. The first-order valence-electron chi connectivity index (χ1n) is 10.5. The maximum atomic E-state index is 11.7. The lowest BCUT2D eigenvalue weighted by atomic mass is 10.1. The van der Waals surface area contributed by atoms with Gasteiger partial charge in [-0.05, 0) is 36.4 Å². The van der Waals surface area contributed by atoms with Crippen molar-refractivity contribution >= 4 is 35.0 Å². The number of Topliss-reactive ketones (excluding diaryl/α,β-unsaturated/α-hetero) is 1. The first kappa shape index (κ1) is 21.3. The molecule has 0 amide bonds. The highest BCUT2D eigenvalue weighted by molar-refractivity contribution is 7.99. The second-order valence-corrected chi connectivity index (χ2v) is 8.55. The zero-order valence-electron chi connectivity index (χ0n) is 17.8. The number of H-pyrrole nitrogens is 1. The van der Waals surface area contributed by atoms with Gasteiger partial charge in [-0.3, -0.25) is 9.89 Å². The van der Waals surface area contributed by atoms with Gasteiger partial charge in [0.1, 0.15) is 17.4 Å². The topological polar surface area (TPSA) is 98.8 Å². The number of benzene rings is 1. The van der Waals surface area contributed by atoms with E-state index in [9.17, 15) is 4.79 Å². The Morgan fingerprint density at radius 2 is 1.90 bits per heavy atom. The molecular formula is C22H27N7OS. The Morgan fingerprint density at radius 1 is 1.13 bits per heavy atom. The molecule has 2 aromatic heterocycles. The van der Waals surface area contributed by atoms with Crippen LogP contribution >= 0.6 is 11.8 Å². The van der Waals surface area contributed by atoms with E-state index in [4.69, 9.17) is 9.97 Å². The molecule has 31 heavy (non-hydrogen) atoms. The van der Waals surface area contributed by atoms with Crippen molar-refractivity contribution in [1.82, 2.24) is 25.5 Å². The van der Waals surface area contributed by atoms with Crippen LogP contribution in [0.1, 0.15) is 24.6 Å². The van der Waals surface area contributed by atoms with Gasteiger partial charge in [0, 0.05) is 61.7 Å². The highest BCUT2D eigenvalue weighted by Gasteiger charge is 2.16. The minimum absolute atomic E-state index is 0.247. The molecule has 162 valence electrons. The van der Waals surface area contributed by atoms with E-state index in [0.717, 1.165) is 54.0 Å². The molecule has 0 spiro atoms. The van der Waals surface area contributed by atoms with Crippen LogP contribution < -0.4 is 15.5 Å². The largest absolute Gasteiger partial charge is 0.354 e. The summed E-state index contributed by atoms with van der Waals surface area (Å²) in [5, 5.41) is 14.5. The minimum Gasteiger partial charge on any atom is -0.354 e. The maximum absolute atomic E-state index is 11.7. The summed E-state index contributed by atoms with van der Waals surface area (Å²) in [6, 6.07) is 12.0. The van der Waals surface area contributed by atoms with Crippen LogP contribution in [0.15, 0.2) is 46.5 Å². The molecule has 3 N–H and O–H groups in total. The minimum atomic E-state index is 0.247. The molecule has 8 nitrogen and oxygen atoms in total. The van der Waals surface area contributed by atoms with Gasteiger partial charge in [0.2, 0.25) is 0 Å². The predicted octanol–water partition coefficient (Wildman–Crippen LogP) is 3.33. The molecule has 3 heterocycles. The summed E-state index contributed by atoms with van der Waals surface area (Å²) in [5.41, 5.74) is 2.01. The number of aromatic amines is 1. The highest BCUT2D eigenvalue weighted by Crippen LogP contribution is 2.29. The van der Waals surface area contributed by atoms with Gasteiger partial charge in [0.25, 0.3) is 0 Å². The fourth-order valence-electron chi connectivity index (χ4n) is 3.33. The molecule has 0 unspecified atom stereocenters. The number of aromatic nitrogens is 4. The van der Waals surface area contributed by atoms with Gasteiger partial charge in [-0.25, -0.2) is 9.97 Å². The van der Waals surface area contributed by atoms with E-state index in [1.807, 2.05) is 50.2 Å². The maximum Gasteiger partial charge on any atom is 0.196 e. The second kappa shape index (κ2) is 9.93. The van der Waals surface area contributed by atoms with Gasteiger partial charge in [-0.15, -0.1) is 0 Å². The van der Waals surface area contributed by atoms with E-state index in [2.05, 4.69) is 25.7 Å². The van der Waals surface area contributed by atoms with Gasteiger partial charge in [-0.2, -0.15) is 5.10 Å². The number of rotatable bonds is 8. The Kier molecular flexibility index (Phi) is 6.83. The summed E-state index contributed by atoms with van der Waals surface area (Å²) < 4.78 is 0. The van der Waals surface area contributed by atoms with Crippen molar-refractivity contribution in [3.63, 3.8) is 0 Å². The highest BCUT2D eigenvalue weighted by atomic mass is 32.2. The van der Waals surface area contributed by atoms with Crippen LogP contribution in [0.25, 0.3) is 0 Å². The number of aryl methyl sites for hydroxylation is 1. The molecule has 1 fully saturated rings. The van der Waals surface area contributed by atoms with Crippen molar-refractivity contribution in [3.05, 3.63) is 47.7 Å². The first-order chi connectivity index (χ1) is 15.1. The standard InChI is InChI=1S/C22H27N7OS/c1-3-17(30)13-16-4-6-18(7-5-16)31-22-25-19(24-20-12-15(2)27-28-20)14-21(26-22)29-10-8-23-9-11-29/h4-7,12,14,23H,3,8-11,13H2,1-2H3,(H2,24,25,26,27,28). The average molecular weight is 438 g/mol. The molecule has 1 aliphatic rings. The quantitative estimate of drug-likeness (QED) is 0.462. The second-order valence-electron chi connectivity index (χ2n) is 7.51. The van der Waals surface area contributed by atoms with Crippen LogP contribution in [0, 0.1) is 6.92 Å². The monoisotopic (exact) mass is 437 g/mol. The fourth-order valence-corrected chi connectivity index (χ4v) is 4.09. The van der Waals surface area contributed by atoms with Crippen LogP contribution in [-0.4, -0.2) is 52.1 Å². The van der Waals surface area contributed by atoms with Crippen molar-refractivity contribution in [3.8, 4) is 0 Å². The van der Waals surface area contributed by atoms with E-state index in [1.54, 1.807) is 0 Å². The fraction of sp³-hybridized carbons (Fsp3) is 0.364. The molecule has 0 saturated carbocycles. The van der Waals surface area contributed by atoms with Crippen molar-refractivity contribution in [2.24, 2.45) is 0 Å². The Bertz CT molecular complexity index is 1030. The molecule has 3 aromatic rings. The third kappa shape index (κ3) is 5.83. The molecule has 1 saturated heterocycles. The van der Waals surface area contributed by atoms with Gasteiger partial charge in [0.15, 0.2) is 11.0 Å². The van der Waals surface area contributed by atoms with E-state index in [-0.39, 0.29) is 5.78 Å². The van der Waals surface area contributed by atoms with Crippen molar-refractivity contribution in [2.45, 2.75) is 36.7 Å². The number of carbonyl (C=O) groups is 1. The number of hydrogen-bond donors (Lipinski definition) is 3. The van der Waals surface area contributed by atoms with E-state index >= 15 is 0 Å². The van der Waals surface area contributed by atoms with Gasteiger partial charge in [0.05, 0.1) is 0 Å². The molecule has 0 atom stereocenters. The van der Waals surface area contributed by atoms with Crippen LogP contribution in [0.5, 0.6) is 0 Å². The predicted molar refractivity (Wildman–Crippen MR) is 123 cm³/mol. The number of nitrogens with one attached hydrogen (secondary N) is 3. The molecule has 1 aromatic carbocycles. The molecule has 1 aliphatic heterocycles. The summed E-state index contributed by atoms with van der Waals surface area (Å²) in [4.78, 5) is 24.5. The lowest BCUT2D eigenvalue weighted by Crippen LogP contribution is -2.44. The summed E-state index contributed by atoms with van der Waals surface area (Å²) >= 11 is 1.51. The van der Waals surface area contributed by atoms with Crippen molar-refractivity contribution in [1.29, 1.82) is 0 Å². The van der Waals surface area contributed by atoms with Gasteiger partial charge < -0.3 is 15.5 Å². The summed E-state index contributed by atoms with van der Waals surface area (Å²) in [6.45, 7) is 7.54. The number of anilines is 3. The zero-order chi connectivity index (χ0) is 21.6. The average Bonchev–Trinajstić information content (AvgIpc) is 3.20. The third-order valence-electron chi connectivity index (χ3n) is 5.02. The molecule has 9 heteroatoms. The molecule has 0 bridgehead atoms. The smallest absolute Gasteiger partial charge is 0.196 e. The van der Waals surface area contributed by atoms with E-state index in [1.165, 1.54) is 11.8 Å². The number of nitrogens with zero attached hydrogens (tertiary/aromatic N) is 4. The molecule has 4 rings (SSSR count). The molecule has 0 aliphatic carbocycles. The number of hydrogen-bond acceptors (Lipinski definition) is 8. The van der Waals surface area contributed by atoms with Crippen LogP contribution in [-0.2, 0) is 11.2 Å². The Morgan fingerprint density at radius 3 is 2.58 bits per heavy atom.